The van der Waals surface area contributed by atoms with Crippen LogP contribution >= 0.6 is 0 Å². The Morgan fingerprint density at radius 1 is 1.12 bits per heavy atom. The van der Waals surface area contributed by atoms with Crippen LogP contribution < -0.4 is 9.47 Å². The molecule has 142 valence electrons. The standard InChI is InChI=1S/C19H26N2O5/c1-4-26-19(23)10-13-21(12-5-11-20)18(22)9-7-15-6-8-16(24-2)17(14-15)25-3/h6,8,14H,4-5,7,9-10,12-13H2,1-3H3. The van der Waals surface area contributed by atoms with Crippen LogP contribution in [0.4, 0.5) is 0 Å². The number of nitriles is 1. The highest BCUT2D eigenvalue weighted by molar-refractivity contribution is 5.77. The Hall–Kier alpha value is -2.75. The molecule has 0 spiro atoms. The van der Waals surface area contributed by atoms with E-state index in [0.717, 1.165) is 5.56 Å². The van der Waals surface area contributed by atoms with Gasteiger partial charge >= 0.3 is 5.97 Å². The first-order valence-corrected chi connectivity index (χ1v) is 8.56. The highest BCUT2D eigenvalue weighted by Crippen LogP contribution is 2.28. The van der Waals surface area contributed by atoms with Crippen molar-refractivity contribution in [3.8, 4) is 17.6 Å². The molecule has 1 aromatic rings. The van der Waals surface area contributed by atoms with E-state index in [-0.39, 0.29) is 37.7 Å². The van der Waals surface area contributed by atoms with Gasteiger partial charge in [-0.15, -0.1) is 0 Å². The molecule has 0 aliphatic carbocycles. The molecule has 0 unspecified atom stereocenters. The molecule has 0 fully saturated rings. The summed E-state index contributed by atoms with van der Waals surface area (Å²) >= 11 is 0. The number of nitrogens with zero attached hydrogens (tertiary/aromatic N) is 2. The lowest BCUT2D eigenvalue weighted by Gasteiger charge is -2.21. The number of ether oxygens (including phenoxy) is 3. The molecule has 0 saturated carbocycles. The van der Waals surface area contributed by atoms with E-state index in [1.165, 1.54) is 0 Å². The second-order valence-electron chi connectivity index (χ2n) is 5.53. The Bertz CT molecular complexity index is 639. The van der Waals surface area contributed by atoms with Gasteiger partial charge in [-0.05, 0) is 31.0 Å². The van der Waals surface area contributed by atoms with E-state index in [9.17, 15) is 9.59 Å². The predicted octanol–water partition coefficient (Wildman–Crippen LogP) is 2.33. The quantitative estimate of drug-likeness (QED) is 0.561. The van der Waals surface area contributed by atoms with Gasteiger partial charge in [0.2, 0.25) is 5.91 Å². The molecule has 7 nitrogen and oxygen atoms in total. The van der Waals surface area contributed by atoms with Crippen molar-refractivity contribution in [1.82, 2.24) is 4.90 Å². The van der Waals surface area contributed by atoms with Gasteiger partial charge in [0, 0.05) is 19.5 Å². The lowest BCUT2D eigenvalue weighted by Crippen LogP contribution is -2.34. The van der Waals surface area contributed by atoms with Crippen LogP contribution in [0, 0.1) is 11.3 Å². The predicted molar refractivity (Wildman–Crippen MR) is 95.9 cm³/mol. The lowest BCUT2D eigenvalue weighted by atomic mass is 10.1. The molecular weight excluding hydrogens is 336 g/mol. The second-order valence-corrected chi connectivity index (χ2v) is 5.53. The Morgan fingerprint density at radius 3 is 2.46 bits per heavy atom. The van der Waals surface area contributed by atoms with Gasteiger partial charge < -0.3 is 19.1 Å². The zero-order valence-corrected chi connectivity index (χ0v) is 15.6. The minimum atomic E-state index is -0.345. The van der Waals surface area contributed by atoms with Crippen LogP contribution in [0.25, 0.3) is 0 Å². The van der Waals surface area contributed by atoms with E-state index in [2.05, 4.69) is 0 Å². The minimum absolute atomic E-state index is 0.0978. The van der Waals surface area contributed by atoms with E-state index in [4.69, 9.17) is 19.5 Å². The monoisotopic (exact) mass is 362 g/mol. The van der Waals surface area contributed by atoms with Crippen LogP contribution in [0.2, 0.25) is 0 Å². The molecule has 1 aromatic carbocycles. The number of esters is 1. The van der Waals surface area contributed by atoms with Gasteiger partial charge in [0.25, 0.3) is 0 Å². The van der Waals surface area contributed by atoms with Crippen LogP contribution in [0.3, 0.4) is 0 Å². The fourth-order valence-corrected chi connectivity index (χ4v) is 2.45. The summed E-state index contributed by atoms with van der Waals surface area (Å²) in [5.74, 6) is 0.801. The van der Waals surface area contributed by atoms with Gasteiger partial charge in [-0.1, -0.05) is 6.07 Å². The summed E-state index contributed by atoms with van der Waals surface area (Å²) < 4.78 is 15.3. The number of carbonyl (C=O) groups is 2. The van der Waals surface area contributed by atoms with E-state index >= 15 is 0 Å². The van der Waals surface area contributed by atoms with E-state index < -0.39 is 0 Å². The molecule has 0 aliphatic rings. The SMILES string of the molecule is CCOC(=O)CCN(CCC#N)C(=O)CCc1ccc(OC)c(OC)c1. The van der Waals surface area contributed by atoms with Crippen molar-refractivity contribution in [1.29, 1.82) is 5.26 Å². The van der Waals surface area contributed by atoms with E-state index in [0.29, 0.717) is 31.1 Å². The van der Waals surface area contributed by atoms with Crippen molar-refractivity contribution in [2.75, 3.05) is 33.9 Å². The van der Waals surface area contributed by atoms with Gasteiger partial charge in [-0.25, -0.2) is 0 Å². The molecule has 26 heavy (non-hydrogen) atoms. The number of methoxy groups -OCH3 is 2. The van der Waals surface area contributed by atoms with Gasteiger partial charge in [-0.2, -0.15) is 5.26 Å². The zero-order valence-electron chi connectivity index (χ0n) is 15.6. The molecule has 7 heteroatoms. The molecular formula is C19H26N2O5. The van der Waals surface area contributed by atoms with Gasteiger partial charge in [0.05, 0.1) is 39.7 Å². The van der Waals surface area contributed by atoms with Crippen LogP contribution in [-0.4, -0.2) is 50.7 Å². The largest absolute Gasteiger partial charge is 0.493 e. The van der Waals surface area contributed by atoms with Crippen LogP contribution in [0.15, 0.2) is 18.2 Å². The Labute approximate surface area is 154 Å². The summed E-state index contributed by atoms with van der Waals surface area (Å²) in [5.41, 5.74) is 0.946. The average Bonchev–Trinajstić information content (AvgIpc) is 2.66. The van der Waals surface area contributed by atoms with Gasteiger partial charge in [-0.3, -0.25) is 9.59 Å². The molecule has 0 atom stereocenters. The Morgan fingerprint density at radius 2 is 1.85 bits per heavy atom. The second kappa shape index (κ2) is 11.7. The highest BCUT2D eigenvalue weighted by Gasteiger charge is 2.16. The van der Waals surface area contributed by atoms with Crippen LogP contribution in [0.1, 0.15) is 31.7 Å². The third-order valence-corrected chi connectivity index (χ3v) is 3.81. The zero-order chi connectivity index (χ0) is 19.4. The summed E-state index contributed by atoms with van der Waals surface area (Å²) in [7, 11) is 3.13. The van der Waals surface area contributed by atoms with E-state index in [1.54, 1.807) is 32.1 Å². The van der Waals surface area contributed by atoms with Gasteiger partial charge in [0.15, 0.2) is 11.5 Å². The summed E-state index contributed by atoms with van der Waals surface area (Å²) in [5, 5.41) is 8.77. The fraction of sp³-hybridized carbons (Fsp3) is 0.526. The molecule has 0 radical (unpaired) electrons. The summed E-state index contributed by atoms with van der Waals surface area (Å²) in [4.78, 5) is 25.5. The topological polar surface area (TPSA) is 88.9 Å². The number of amides is 1. The normalized spacial score (nSPS) is 9.92. The molecule has 0 aromatic heterocycles. The molecule has 0 heterocycles. The first kappa shape index (κ1) is 21.3. The maximum atomic E-state index is 12.5. The third kappa shape index (κ3) is 7.01. The number of rotatable bonds is 11. The summed E-state index contributed by atoms with van der Waals surface area (Å²) in [6.45, 7) is 2.61. The first-order valence-electron chi connectivity index (χ1n) is 8.56. The summed E-state index contributed by atoms with van der Waals surface area (Å²) in [6, 6.07) is 7.54. The molecule has 1 rings (SSSR count). The van der Waals surface area contributed by atoms with E-state index in [1.807, 2.05) is 18.2 Å². The van der Waals surface area contributed by atoms with Crippen LogP contribution in [-0.2, 0) is 20.7 Å². The number of aryl methyl sites for hydroxylation is 1. The van der Waals surface area contributed by atoms with Crippen molar-refractivity contribution >= 4 is 11.9 Å². The third-order valence-electron chi connectivity index (χ3n) is 3.81. The lowest BCUT2D eigenvalue weighted by molar-refractivity contribution is -0.144. The molecule has 0 saturated heterocycles. The molecule has 0 bridgehead atoms. The number of carbonyl (C=O) groups excluding carboxylic acids is 2. The molecule has 0 aliphatic heterocycles. The Balaban J connectivity index is 2.65. The molecule has 1 amide bonds. The first-order chi connectivity index (χ1) is 12.5. The van der Waals surface area contributed by atoms with Crippen molar-refractivity contribution < 1.29 is 23.8 Å². The summed E-state index contributed by atoms with van der Waals surface area (Å²) in [6.07, 6.45) is 1.16. The van der Waals surface area contributed by atoms with Crippen molar-refractivity contribution in [2.24, 2.45) is 0 Å². The number of hydrogen-bond donors (Lipinski definition) is 0. The fourth-order valence-electron chi connectivity index (χ4n) is 2.45. The van der Waals surface area contributed by atoms with Crippen molar-refractivity contribution in [2.45, 2.75) is 32.6 Å². The molecule has 0 N–H and O–H groups in total. The van der Waals surface area contributed by atoms with Gasteiger partial charge in [0.1, 0.15) is 0 Å². The Kier molecular flexibility index (Phi) is 9.62. The number of benzene rings is 1. The van der Waals surface area contributed by atoms with Crippen LogP contribution in [0.5, 0.6) is 11.5 Å². The average molecular weight is 362 g/mol. The smallest absolute Gasteiger partial charge is 0.307 e. The highest BCUT2D eigenvalue weighted by atomic mass is 16.5. The van der Waals surface area contributed by atoms with Crippen molar-refractivity contribution in [3.63, 3.8) is 0 Å². The minimum Gasteiger partial charge on any atom is -0.493 e. The maximum absolute atomic E-state index is 12.5. The maximum Gasteiger partial charge on any atom is 0.307 e. The number of hydrogen-bond acceptors (Lipinski definition) is 6. The van der Waals surface area contributed by atoms with Crippen molar-refractivity contribution in [3.05, 3.63) is 23.8 Å².